The first-order valence-electron chi connectivity index (χ1n) is 7.76. The number of hydrogen-bond donors (Lipinski definition) is 2. The molecule has 1 aliphatic carbocycles. The normalized spacial score (nSPS) is 14.5. The molecule has 1 fully saturated rings. The Hall–Kier alpha value is -2.16. The van der Waals surface area contributed by atoms with Crippen molar-refractivity contribution in [1.82, 2.24) is 10.1 Å². The molecule has 1 unspecified atom stereocenters. The van der Waals surface area contributed by atoms with Crippen molar-refractivity contribution < 1.29 is 18.8 Å². The standard InChI is InChI=1S/C16H20N4O4.ClH/c1-22-8-13(17)15(21)18-11-4-6-12(7-5-11)23-9-14-19-16(24-20-14)10-2-3-10;/h4-7,10,13H,2-3,8-9,17H2,1H3,(H,18,21);1H. The average Bonchev–Trinajstić information content (AvgIpc) is 3.33. The molecule has 3 rings (SSSR count). The van der Waals surface area contributed by atoms with Crippen LogP contribution in [0.1, 0.15) is 30.5 Å². The van der Waals surface area contributed by atoms with E-state index in [1.165, 1.54) is 7.11 Å². The van der Waals surface area contributed by atoms with Crippen LogP contribution in [0.3, 0.4) is 0 Å². The smallest absolute Gasteiger partial charge is 0.243 e. The minimum atomic E-state index is -0.704. The molecule has 25 heavy (non-hydrogen) atoms. The summed E-state index contributed by atoms with van der Waals surface area (Å²) in [4.78, 5) is 16.1. The van der Waals surface area contributed by atoms with Crippen molar-refractivity contribution in [2.24, 2.45) is 5.73 Å². The average molecular weight is 369 g/mol. The predicted molar refractivity (Wildman–Crippen MR) is 92.8 cm³/mol. The van der Waals surface area contributed by atoms with Crippen LogP contribution in [0.4, 0.5) is 5.69 Å². The van der Waals surface area contributed by atoms with Crippen LogP contribution in [0, 0.1) is 0 Å². The Morgan fingerprint density at radius 1 is 1.40 bits per heavy atom. The molecule has 136 valence electrons. The number of benzene rings is 1. The number of hydrogen-bond acceptors (Lipinski definition) is 7. The second kappa shape index (κ2) is 8.80. The van der Waals surface area contributed by atoms with Gasteiger partial charge in [-0.2, -0.15) is 4.98 Å². The summed E-state index contributed by atoms with van der Waals surface area (Å²) in [6.07, 6.45) is 2.23. The summed E-state index contributed by atoms with van der Waals surface area (Å²) < 4.78 is 15.6. The Balaban J connectivity index is 0.00000225. The van der Waals surface area contributed by atoms with Crippen LogP contribution in [-0.4, -0.2) is 35.8 Å². The SMILES string of the molecule is COCC(N)C(=O)Nc1ccc(OCc2noc(C3CC3)n2)cc1.Cl. The van der Waals surface area contributed by atoms with Gasteiger partial charge in [-0.15, -0.1) is 12.4 Å². The van der Waals surface area contributed by atoms with Gasteiger partial charge < -0.3 is 25.0 Å². The number of methoxy groups -OCH3 is 1. The zero-order valence-electron chi connectivity index (χ0n) is 13.8. The van der Waals surface area contributed by atoms with Gasteiger partial charge in [0.25, 0.3) is 0 Å². The Morgan fingerprint density at radius 2 is 2.12 bits per heavy atom. The summed E-state index contributed by atoms with van der Waals surface area (Å²) in [5.74, 6) is 1.99. The highest BCUT2D eigenvalue weighted by Gasteiger charge is 2.29. The maximum Gasteiger partial charge on any atom is 0.243 e. The molecule has 1 atom stereocenters. The second-order valence-corrected chi connectivity index (χ2v) is 5.69. The van der Waals surface area contributed by atoms with Crippen LogP contribution in [-0.2, 0) is 16.1 Å². The Bertz CT molecular complexity index is 688. The van der Waals surface area contributed by atoms with E-state index in [4.69, 9.17) is 19.7 Å². The van der Waals surface area contributed by atoms with E-state index in [1.54, 1.807) is 24.3 Å². The molecule has 0 spiro atoms. The molecule has 1 heterocycles. The predicted octanol–water partition coefficient (Wildman–Crippen LogP) is 1.86. The summed E-state index contributed by atoms with van der Waals surface area (Å²) in [7, 11) is 1.50. The second-order valence-electron chi connectivity index (χ2n) is 5.69. The van der Waals surface area contributed by atoms with Gasteiger partial charge in [-0.3, -0.25) is 4.79 Å². The van der Waals surface area contributed by atoms with Crippen LogP contribution in [0.15, 0.2) is 28.8 Å². The topological polar surface area (TPSA) is 112 Å². The molecule has 0 bridgehead atoms. The van der Waals surface area contributed by atoms with Gasteiger partial charge in [0.05, 0.1) is 6.61 Å². The van der Waals surface area contributed by atoms with Crippen molar-refractivity contribution in [3.05, 3.63) is 36.0 Å². The highest BCUT2D eigenvalue weighted by Crippen LogP contribution is 2.38. The summed E-state index contributed by atoms with van der Waals surface area (Å²) in [5, 5.41) is 6.60. The van der Waals surface area contributed by atoms with E-state index in [1.807, 2.05) is 0 Å². The molecule has 1 aromatic carbocycles. The number of halogens is 1. The van der Waals surface area contributed by atoms with Gasteiger partial charge in [-0.25, -0.2) is 0 Å². The molecule has 1 aromatic heterocycles. The number of carbonyl (C=O) groups is 1. The van der Waals surface area contributed by atoms with Crippen LogP contribution in [0.5, 0.6) is 5.75 Å². The first kappa shape index (κ1) is 19.2. The van der Waals surface area contributed by atoms with Gasteiger partial charge in [0, 0.05) is 18.7 Å². The highest BCUT2D eigenvalue weighted by atomic mass is 35.5. The van der Waals surface area contributed by atoms with Crippen molar-refractivity contribution in [3.63, 3.8) is 0 Å². The summed E-state index contributed by atoms with van der Waals surface area (Å²) in [6, 6.07) is 6.26. The van der Waals surface area contributed by atoms with Crippen LogP contribution in [0.2, 0.25) is 0 Å². The fourth-order valence-corrected chi connectivity index (χ4v) is 2.09. The molecule has 1 amide bonds. The minimum Gasteiger partial charge on any atom is -0.485 e. The summed E-state index contributed by atoms with van der Waals surface area (Å²) in [6.45, 7) is 0.404. The Morgan fingerprint density at radius 3 is 2.76 bits per heavy atom. The maximum absolute atomic E-state index is 11.8. The molecule has 3 N–H and O–H groups in total. The molecule has 0 radical (unpaired) electrons. The van der Waals surface area contributed by atoms with Gasteiger partial charge in [-0.1, -0.05) is 5.16 Å². The molecular formula is C16H21ClN4O4. The number of anilines is 1. The van der Waals surface area contributed by atoms with E-state index in [0.717, 1.165) is 12.8 Å². The monoisotopic (exact) mass is 368 g/mol. The molecule has 9 heteroatoms. The highest BCUT2D eigenvalue weighted by molar-refractivity contribution is 5.94. The van der Waals surface area contributed by atoms with Gasteiger partial charge >= 0.3 is 0 Å². The first-order valence-corrected chi connectivity index (χ1v) is 7.76. The van der Waals surface area contributed by atoms with Crippen LogP contribution in [0.25, 0.3) is 0 Å². The zero-order chi connectivity index (χ0) is 16.9. The van der Waals surface area contributed by atoms with E-state index < -0.39 is 6.04 Å². The van der Waals surface area contributed by atoms with Crippen LogP contribution >= 0.6 is 12.4 Å². The number of aromatic nitrogens is 2. The van der Waals surface area contributed by atoms with Crippen molar-refractivity contribution in [3.8, 4) is 5.75 Å². The molecule has 2 aromatic rings. The number of carbonyl (C=O) groups excluding carboxylic acids is 1. The lowest BCUT2D eigenvalue weighted by Crippen LogP contribution is -2.39. The van der Waals surface area contributed by atoms with E-state index >= 15 is 0 Å². The van der Waals surface area contributed by atoms with Crippen molar-refractivity contribution in [1.29, 1.82) is 0 Å². The molecule has 0 aliphatic heterocycles. The third-order valence-electron chi connectivity index (χ3n) is 3.58. The van der Waals surface area contributed by atoms with E-state index in [0.29, 0.717) is 29.1 Å². The number of nitrogens with one attached hydrogen (secondary N) is 1. The lowest BCUT2D eigenvalue weighted by atomic mass is 10.2. The van der Waals surface area contributed by atoms with Crippen molar-refractivity contribution >= 4 is 24.0 Å². The van der Waals surface area contributed by atoms with Gasteiger partial charge in [0.1, 0.15) is 11.8 Å². The maximum atomic E-state index is 11.8. The lowest BCUT2D eigenvalue weighted by Gasteiger charge is -2.11. The molecule has 0 saturated heterocycles. The fraction of sp³-hybridized carbons (Fsp3) is 0.438. The molecular weight excluding hydrogens is 348 g/mol. The zero-order valence-corrected chi connectivity index (χ0v) is 14.6. The lowest BCUT2D eigenvalue weighted by molar-refractivity contribution is -0.118. The van der Waals surface area contributed by atoms with Crippen molar-refractivity contribution in [2.75, 3.05) is 19.0 Å². The molecule has 1 saturated carbocycles. The third-order valence-corrected chi connectivity index (χ3v) is 3.58. The third kappa shape index (κ3) is 5.42. The van der Waals surface area contributed by atoms with Gasteiger partial charge in [-0.05, 0) is 37.1 Å². The largest absolute Gasteiger partial charge is 0.485 e. The van der Waals surface area contributed by atoms with E-state index in [9.17, 15) is 4.79 Å². The van der Waals surface area contributed by atoms with Gasteiger partial charge in [0.2, 0.25) is 17.6 Å². The summed E-state index contributed by atoms with van der Waals surface area (Å²) >= 11 is 0. The van der Waals surface area contributed by atoms with Crippen LogP contribution < -0.4 is 15.8 Å². The minimum absolute atomic E-state index is 0. The van der Waals surface area contributed by atoms with Gasteiger partial charge in [0.15, 0.2) is 6.61 Å². The summed E-state index contributed by atoms with van der Waals surface area (Å²) in [5.41, 5.74) is 6.29. The number of ether oxygens (including phenoxy) is 2. The van der Waals surface area contributed by atoms with E-state index in [2.05, 4.69) is 15.5 Å². The van der Waals surface area contributed by atoms with E-state index in [-0.39, 0.29) is 31.5 Å². The van der Waals surface area contributed by atoms with Crippen molar-refractivity contribution in [2.45, 2.75) is 31.4 Å². The Kier molecular flexibility index (Phi) is 6.74. The molecule has 8 nitrogen and oxygen atoms in total. The Labute approximate surface area is 151 Å². The number of nitrogens with two attached hydrogens (primary N) is 1. The first-order chi connectivity index (χ1) is 11.7. The number of nitrogens with zero attached hydrogens (tertiary/aromatic N) is 2. The molecule has 1 aliphatic rings. The number of rotatable bonds is 8. The number of amides is 1. The fourth-order valence-electron chi connectivity index (χ4n) is 2.09. The quantitative estimate of drug-likeness (QED) is 0.731.